The molecule has 2 aromatic rings. The lowest BCUT2D eigenvalue weighted by Crippen LogP contribution is -2.47. The zero-order valence-corrected chi connectivity index (χ0v) is 15.3. The predicted octanol–water partition coefficient (Wildman–Crippen LogP) is 2.12. The van der Waals surface area contributed by atoms with Crippen LogP contribution in [0.2, 0.25) is 0 Å². The van der Waals surface area contributed by atoms with E-state index in [0.717, 1.165) is 37.5 Å². The van der Waals surface area contributed by atoms with E-state index in [4.69, 9.17) is 0 Å². The van der Waals surface area contributed by atoms with E-state index in [2.05, 4.69) is 34.0 Å². The van der Waals surface area contributed by atoms with Crippen molar-refractivity contribution in [2.45, 2.75) is 45.2 Å². The van der Waals surface area contributed by atoms with E-state index in [1.807, 2.05) is 6.20 Å². The Bertz CT molecular complexity index is 739. The molecular formula is C17H25N5OS. The van der Waals surface area contributed by atoms with E-state index in [9.17, 15) is 4.79 Å². The van der Waals surface area contributed by atoms with Crippen LogP contribution in [0, 0.1) is 0 Å². The van der Waals surface area contributed by atoms with Crippen molar-refractivity contribution < 1.29 is 0 Å². The number of hydrogen-bond donors (Lipinski definition) is 1. The number of thiazole rings is 1. The van der Waals surface area contributed by atoms with E-state index >= 15 is 0 Å². The molecule has 1 N–H and O–H groups in total. The van der Waals surface area contributed by atoms with Crippen LogP contribution in [0.3, 0.4) is 0 Å². The van der Waals surface area contributed by atoms with Crippen LogP contribution in [0.5, 0.6) is 0 Å². The summed E-state index contributed by atoms with van der Waals surface area (Å²) in [6, 6.07) is 0.358. The fourth-order valence-electron chi connectivity index (χ4n) is 2.94. The lowest BCUT2D eigenvalue weighted by molar-refractivity contribution is 0.418. The predicted molar refractivity (Wildman–Crippen MR) is 97.8 cm³/mol. The third kappa shape index (κ3) is 3.84. The molecule has 0 unspecified atom stereocenters. The zero-order valence-electron chi connectivity index (χ0n) is 14.5. The van der Waals surface area contributed by atoms with Gasteiger partial charge in [0, 0.05) is 56.2 Å². The van der Waals surface area contributed by atoms with E-state index < -0.39 is 0 Å². The van der Waals surface area contributed by atoms with E-state index in [-0.39, 0.29) is 5.56 Å². The third-order valence-corrected chi connectivity index (χ3v) is 5.70. The Morgan fingerprint density at radius 1 is 1.42 bits per heavy atom. The van der Waals surface area contributed by atoms with Crippen molar-refractivity contribution in [1.29, 1.82) is 0 Å². The first kappa shape index (κ1) is 17.1. The summed E-state index contributed by atoms with van der Waals surface area (Å²) in [6.45, 7) is 6.87. The molecule has 7 heteroatoms. The van der Waals surface area contributed by atoms with Gasteiger partial charge < -0.3 is 14.8 Å². The van der Waals surface area contributed by atoms with Gasteiger partial charge in [-0.25, -0.2) is 9.97 Å². The number of aryl methyl sites for hydroxylation is 1. The standard InChI is InChI=1S/C17H25N5OS/c1-12(2)14-9-20-15(24-14)10-19-13-5-4-7-22(11-13)16-17(23)21(3)8-6-18-16/h6,8-9,12-13,19H,4-5,7,10-11H2,1-3H3/t13-/m1/s1. The number of aromatic nitrogens is 3. The molecule has 1 saturated heterocycles. The summed E-state index contributed by atoms with van der Waals surface area (Å²) in [6.07, 6.45) is 7.55. The normalized spacial score (nSPS) is 18.3. The summed E-state index contributed by atoms with van der Waals surface area (Å²) in [5, 5.41) is 4.72. The quantitative estimate of drug-likeness (QED) is 0.898. The number of anilines is 1. The van der Waals surface area contributed by atoms with Gasteiger partial charge in [-0.2, -0.15) is 0 Å². The molecule has 24 heavy (non-hydrogen) atoms. The Morgan fingerprint density at radius 3 is 3.00 bits per heavy atom. The topological polar surface area (TPSA) is 63.1 Å². The minimum absolute atomic E-state index is 0.0281. The molecule has 0 radical (unpaired) electrons. The number of rotatable bonds is 5. The molecule has 0 amide bonds. The highest BCUT2D eigenvalue weighted by Crippen LogP contribution is 2.22. The Hall–Kier alpha value is -1.73. The summed E-state index contributed by atoms with van der Waals surface area (Å²) in [5.41, 5.74) is -0.0281. The van der Waals surface area contributed by atoms with Gasteiger partial charge in [-0.15, -0.1) is 11.3 Å². The van der Waals surface area contributed by atoms with Crippen LogP contribution in [0.4, 0.5) is 5.82 Å². The van der Waals surface area contributed by atoms with Gasteiger partial charge in [0.25, 0.3) is 5.56 Å². The lowest BCUT2D eigenvalue weighted by Gasteiger charge is -2.33. The average Bonchev–Trinajstić information content (AvgIpc) is 3.05. The molecule has 130 valence electrons. The van der Waals surface area contributed by atoms with Crippen LogP contribution in [-0.2, 0) is 13.6 Å². The first-order valence-electron chi connectivity index (χ1n) is 8.49. The fraction of sp³-hybridized carbons (Fsp3) is 0.588. The molecule has 3 heterocycles. The Morgan fingerprint density at radius 2 is 2.25 bits per heavy atom. The van der Waals surface area contributed by atoms with Crippen molar-refractivity contribution in [3.05, 3.63) is 38.8 Å². The average molecular weight is 347 g/mol. The van der Waals surface area contributed by atoms with Gasteiger partial charge >= 0.3 is 0 Å². The third-order valence-electron chi connectivity index (χ3n) is 4.40. The summed E-state index contributed by atoms with van der Waals surface area (Å²) in [4.78, 5) is 24.5. The largest absolute Gasteiger partial charge is 0.350 e. The molecule has 1 aliphatic heterocycles. The van der Waals surface area contributed by atoms with Crippen molar-refractivity contribution >= 4 is 17.2 Å². The maximum atomic E-state index is 12.3. The number of hydrogen-bond acceptors (Lipinski definition) is 6. The van der Waals surface area contributed by atoms with Crippen LogP contribution < -0.4 is 15.8 Å². The van der Waals surface area contributed by atoms with Gasteiger partial charge in [0.15, 0.2) is 5.82 Å². The minimum atomic E-state index is -0.0281. The number of piperidine rings is 1. The molecule has 0 spiro atoms. The maximum absolute atomic E-state index is 12.3. The molecule has 1 fully saturated rings. The number of nitrogens with one attached hydrogen (secondary N) is 1. The van der Waals surface area contributed by atoms with Crippen LogP contribution in [0.25, 0.3) is 0 Å². The van der Waals surface area contributed by atoms with Crippen molar-refractivity contribution in [2.24, 2.45) is 7.05 Å². The smallest absolute Gasteiger partial charge is 0.293 e. The molecule has 1 aliphatic rings. The molecule has 6 nitrogen and oxygen atoms in total. The first-order valence-corrected chi connectivity index (χ1v) is 9.31. The SMILES string of the molecule is CC(C)c1cnc(CN[C@@H]2CCCN(c3nccn(C)c3=O)C2)s1. The van der Waals surface area contributed by atoms with Crippen LogP contribution in [0.15, 0.2) is 23.4 Å². The summed E-state index contributed by atoms with van der Waals surface area (Å²) >= 11 is 1.78. The second kappa shape index (κ2) is 7.44. The van der Waals surface area contributed by atoms with E-state index in [0.29, 0.717) is 17.8 Å². The molecule has 0 aliphatic carbocycles. The van der Waals surface area contributed by atoms with Crippen LogP contribution in [0.1, 0.15) is 42.5 Å². The van der Waals surface area contributed by atoms with Gasteiger partial charge in [-0.3, -0.25) is 4.79 Å². The fourth-order valence-corrected chi connectivity index (χ4v) is 3.82. The highest BCUT2D eigenvalue weighted by molar-refractivity contribution is 7.11. The van der Waals surface area contributed by atoms with Crippen molar-refractivity contribution in [3.8, 4) is 0 Å². The molecule has 1 atom stereocenters. The van der Waals surface area contributed by atoms with Crippen molar-refractivity contribution in [3.63, 3.8) is 0 Å². The second-order valence-electron chi connectivity index (χ2n) is 6.64. The van der Waals surface area contributed by atoms with Gasteiger partial charge in [0.05, 0.1) is 0 Å². The molecule has 0 bridgehead atoms. The first-order chi connectivity index (χ1) is 11.5. The highest BCUT2D eigenvalue weighted by atomic mass is 32.1. The summed E-state index contributed by atoms with van der Waals surface area (Å²) < 4.78 is 1.59. The zero-order chi connectivity index (χ0) is 17.1. The summed E-state index contributed by atoms with van der Waals surface area (Å²) in [5.74, 6) is 1.09. The monoisotopic (exact) mass is 347 g/mol. The molecule has 0 aromatic carbocycles. The van der Waals surface area contributed by atoms with Crippen LogP contribution >= 0.6 is 11.3 Å². The second-order valence-corrected chi connectivity index (χ2v) is 7.79. The molecular weight excluding hydrogens is 322 g/mol. The Kier molecular flexibility index (Phi) is 5.30. The van der Waals surface area contributed by atoms with E-state index in [1.54, 1.807) is 35.3 Å². The van der Waals surface area contributed by atoms with Crippen LogP contribution in [-0.4, -0.2) is 33.7 Å². The molecule has 3 rings (SSSR count). The van der Waals surface area contributed by atoms with Crippen molar-refractivity contribution in [2.75, 3.05) is 18.0 Å². The Balaban J connectivity index is 1.61. The minimum Gasteiger partial charge on any atom is -0.350 e. The van der Waals surface area contributed by atoms with Crippen molar-refractivity contribution in [1.82, 2.24) is 19.9 Å². The van der Waals surface area contributed by atoms with Gasteiger partial charge in [-0.05, 0) is 18.8 Å². The van der Waals surface area contributed by atoms with Gasteiger partial charge in [0.2, 0.25) is 0 Å². The maximum Gasteiger partial charge on any atom is 0.293 e. The highest BCUT2D eigenvalue weighted by Gasteiger charge is 2.23. The van der Waals surface area contributed by atoms with E-state index in [1.165, 1.54) is 4.88 Å². The number of nitrogens with zero attached hydrogens (tertiary/aromatic N) is 4. The van der Waals surface area contributed by atoms with Gasteiger partial charge in [-0.1, -0.05) is 13.8 Å². The Labute approximate surface area is 146 Å². The summed E-state index contributed by atoms with van der Waals surface area (Å²) in [7, 11) is 1.77. The lowest BCUT2D eigenvalue weighted by atomic mass is 10.1. The molecule has 0 saturated carbocycles. The van der Waals surface area contributed by atoms with Gasteiger partial charge in [0.1, 0.15) is 5.01 Å². The molecule has 2 aromatic heterocycles.